The largest absolute Gasteiger partial charge is 0.322 e. The van der Waals surface area contributed by atoms with E-state index >= 15 is 0 Å². The number of nitrogens with zero attached hydrogens (tertiary/aromatic N) is 2. The van der Waals surface area contributed by atoms with E-state index in [1.807, 2.05) is 29.2 Å². The normalized spacial score (nSPS) is 21.7. The van der Waals surface area contributed by atoms with Gasteiger partial charge in [0.2, 0.25) is 0 Å². The second-order valence-electron chi connectivity index (χ2n) is 7.97. The quantitative estimate of drug-likeness (QED) is 0.673. The number of likely N-dealkylation sites (tertiary alicyclic amines) is 1. The lowest BCUT2D eigenvalue weighted by Gasteiger charge is -2.59. The standard InChI is InChI=1S/C25H21FN4O/c26-20-9-11-21(12-10-20)29-25(31)30-22-14-28-15-23(30)24(22)19-7-5-18(6-8-19)17-3-1-16(13-27)2-4-17/h1-12,22-24,28H,14-15H2,(H,29,31)/t22-,23+,24?. The summed E-state index contributed by atoms with van der Waals surface area (Å²) in [6.07, 6.45) is 0. The Morgan fingerprint density at radius 3 is 2.10 bits per heavy atom. The van der Waals surface area contributed by atoms with E-state index in [4.69, 9.17) is 5.26 Å². The van der Waals surface area contributed by atoms with Crippen LogP contribution in [0.3, 0.4) is 0 Å². The average Bonchev–Trinajstić information content (AvgIpc) is 2.81. The average molecular weight is 412 g/mol. The lowest BCUT2D eigenvalue weighted by molar-refractivity contribution is 0.00202. The van der Waals surface area contributed by atoms with Crippen LogP contribution in [0.2, 0.25) is 0 Å². The lowest BCUT2D eigenvalue weighted by Crippen LogP contribution is -2.74. The molecule has 0 spiro atoms. The summed E-state index contributed by atoms with van der Waals surface area (Å²) >= 11 is 0. The van der Waals surface area contributed by atoms with E-state index in [1.165, 1.54) is 17.7 Å². The van der Waals surface area contributed by atoms with Gasteiger partial charge < -0.3 is 15.5 Å². The van der Waals surface area contributed by atoms with Gasteiger partial charge >= 0.3 is 6.03 Å². The minimum absolute atomic E-state index is 0.0833. The van der Waals surface area contributed by atoms with Crippen molar-refractivity contribution in [3.05, 3.63) is 89.7 Å². The number of benzene rings is 3. The van der Waals surface area contributed by atoms with Gasteiger partial charge in [0.25, 0.3) is 0 Å². The first-order valence-corrected chi connectivity index (χ1v) is 10.3. The van der Waals surface area contributed by atoms with Gasteiger partial charge in [-0.1, -0.05) is 36.4 Å². The number of fused-ring (bicyclic) bond motifs is 2. The van der Waals surface area contributed by atoms with Crippen LogP contribution in [0.25, 0.3) is 11.1 Å². The van der Waals surface area contributed by atoms with Gasteiger partial charge in [-0.2, -0.15) is 5.26 Å². The van der Waals surface area contributed by atoms with E-state index in [0.717, 1.165) is 24.2 Å². The Kier molecular flexibility index (Phi) is 4.89. The predicted molar refractivity (Wildman–Crippen MR) is 117 cm³/mol. The van der Waals surface area contributed by atoms with Gasteiger partial charge in [-0.15, -0.1) is 0 Å². The third kappa shape index (κ3) is 3.54. The molecule has 0 saturated carbocycles. The number of hydrogen-bond donors (Lipinski definition) is 2. The van der Waals surface area contributed by atoms with Crippen LogP contribution in [0, 0.1) is 17.1 Å². The summed E-state index contributed by atoms with van der Waals surface area (Å²) in [5.41, 5.74) is 4.63. The molecule has 6 heteroatoms. The van der Waals surface area contributed by atoms with E-state index in [9.17, 15) is 9.18 Å². The molecule has 154 valence electrons. The lowest BCUT2D eigenvalue weighted by atomic mass is 9.72. The third-order valence-electron chi connectivity index (χ3n) is 6.22. The number of carbonyl (C=O) groups is 1. The van der Waals surface area contributed by atoms with E-state index in [2.05, 4.69) is 41.0 Å². The highest BCUT2D eigenvalue weighted by Crippen LogP contribution is 2.43. The van der Waals surface area contributed by atoms with Crippen LogP contribution < -0.4 is 10.6 Å². The predicted octanol–water partition coefficient (Wildman–Crippen LogP) is 4.34. The number of urea groups is 1. The number of halogens is 1. The maximum absolute atomic E-state index is 13.1. The Morgan fingerprint density at radius 2 is 1.52 bits per heavy atom. The third-order valence-corrected chi connectivity index (χ3v) is 6.22. The van der Waals surface area contributed by atoms with Gasteiger partial charge in [0.1, 0.15) is 5.82 Å². The van der Waals surface area contributed by atoms with Crippen molar-refractivity contribution in [3.63, 3.8) is 0 Å². The molecule has 2 saturated heterocycles. The molecule has 2 N–H and O–H groups in total. The van der Waals surface area contributed by atoms with Gasteiger partial charge in [0, 0.05) is 24.7 Å². The van der Waals surface area contributed by atoms with Gasteiger partial charge in [-0.05, 0) is 53.1 Å². The Hall–Kier alpha value is -3.69. The zero-order valence-electron chi connectivity index (χ0n) is 16.8. The molecule has 31 heavy (non-hydrogen) atoms. The summed E-state index contributed by atoms with van der Waals surface area (Å²) in [4.78, 5) is 14.7. The molecule has 2 amide bonds. The molecule has 1 unspecified atom stereocenters. The number of piperazine rings is 1. The van der Waals surface area contributed by atoms with E-state index in [-0.39, 0.29) is 29.8 Å². The maximum atomic E-state index is 13.1. The highest BCUT2D eigenvalue weighted by molar-refractivity contribution is 5.91. The fourth-order valence-electron chi connectivity index (χ4n) is 4.68. The monoisotopic (exact) mass is 412 g/mol. The topological polar surface area (TPSA) is 68.2 Å². The van der Waals surface area contributed by atoms with Crippen LogP contribution in [0.1, 0.15) is 17.0 Å². The van der Waals surface area contributed by atoms with Crippen molar-refractivity contribution in [2.24, 2.45) is 0 Å². The van der Waals surface area contributed by atoms with Crippen LogP contribution >= 0.6 is 0 Å². The SMILES string of the molecule is N#Cc1ccc(-c2ccc(C3[C@H]4CNC[C@@H]3N4C(=O)Nc3ccc(F)cc3)cc2)cc1. The van der Waals surface area contributed by atoms with Gasteiger partial charge in [0.15, 0.2) is 0 Å². The van der Waals surface area contributed by atoms with Crippen molar-refractivity contribution in [2.45, 2.75) is 18.0 Å². The fourth-order valence-corrected chi connectivity index (χ4v) is 4.68. The zero-order valence-corrected chi connectivity index (χ0v) is 16.8. The molecule has 0 aromatic heterocycles. The highest BCUT2D eigenvalue weighted by Gasteiger charge is 2.53. The van der Waals surface area contributed by atoms with Crippen molar-refractivity contribution in [1.29, 1.82) is 5.26 Å². The molecule has 2 fully saturated rings. The van der Waals surface area contributed by atoms with Crippen LogP contribution in [0.15, 0.2) is 72.8 Å². The molecule has 3 atom stereocenters. The number of nitrogens with one attached hydrogen (secondary N) is 2. The number of piperidine rings is 1. The molecule has 5 nitrogen and oxygen atoms in total. The zero-order chi connectivity index (χ0) is 21.4. The summed E-state index contributed by atoms with van der Waals surface area (Å²) < 4.78 is 13.1. The Bertz CT molecular complexity index is 1120. The molecule has 2 bridgehead atoms. The van der Waals surface area contributed by atoms with Crippen LogP contribution in [-0.4, -0.2) is 36.1 Å². The molecule has 0 aliphatic carbocycles. The van der Waals surface area contributed by atoms with Gasteiger partial charge in [-0.3, -0.25) is 0 Å². The Morgan fingerprint density at radius 1 is 0.935 bits per heavy atom. The summed E-state index contributed by atoms with van der Waals surface area (Å²) in [6, 6.07) is 24.0. The van der Waals surface area contributed by atoms with Crippen molar-refractivity contribution in [2.75, 3.05) is 18.4 Å². The first-order valence-electron chi connectivity index (χ1n) is 10.3. The second kappa shape index (κ2) is 7.86. The summed E-state index contributed by atoms with van der Waals surface area (Å²) in [5.74, 6) is -0.0391. The number of nitriles is 1. The smallest absolute Gasteiger partial charge is 0.315 e. The molecule has 0 radical (unpaired) electrons. The molecule has 2 aliphatic heterocycles. The number of amides is 2. The van der Waals surface area contributed by atoms with Crippen molar-refractivity contribution >= 4 is 11.7 Å². The molecule has 2 heterocycles. The number of anilines is 1. The van der Waals surface area contributed by atoms with E-state index in [0.29, 0.717) is 11.3 Å². The minimum Gasteiger partial charge on any atom is -0.315 e. The molecule has 3 aromatic carbocycles. The first-order chi connectivity index (χ1) is 15.1. The fraction of sp³-hybridized carbons (Fsp3) is 0.200. The van der Waals surface area contributed by atoms with E-state index in [1.54, 1.807) is 12.1 Å². The number of rotatable bonds is 3. The van der Waals surface area contributed by atoms with Crippen LogP contribution in [0.4, 0.5) is 14.9 Å². The first kappa shape index (κ1) is 19.3. The molecular weight excluding hydrogens is 391 g/mol. The highest BCUT2D eigenvalue weighted by atomic mass is 19.1. The van der Waals surface area contributed by atoms with E-state index < -0.39 is 0 Å². The van der Waals surface area contributed by atoms with Crippen molar-refractivity contribution < 1.29 is 9.18 Å². The van der Waals surface area contributed by atoms with Crippen molar-refractivity contribution in [1.82, 2.24) is 10.2 Å². The summed E-state index contributed by atoms with van der Waals surface area (Å²) in [7, 11) is 0. The molecule has 5 rings (SSSR count). The molecule has 3 aromatic rings. The van der Waals surface area contributed by atoms with Crippen LogP contribution in [0.5, 0.6) is 0 Å². The Balaban J connectivity index is 1.30. The van der Waals surface area contributed by atoms with Gasteiger partial charge in [-0.25, -0.2) is 9.18 Å². The molecule has 2 aliphatic rings. The minimum atomic E-state index is -0.326. The second-order valence-corrected chi connectivity index (χ2v) is 7.97. The van der Waals surface area contributed by atoms with Crippen molar-refractivity contribution in [3.8, 4) is 17.2 Å². The summed E-state index contributed by atoms with van der Waals surface area (Å²) in [5, 5.41) is 15.2. The number of carbonyl (C=O) groups excluding carboxylic acids is 1. The van der Waals surface area contributed by atoms with Gasteiger partial charge in [0.05, 0.1) is 23.7 Å². The van der Waals surface area contributed by atoms with Crippen LogP contribution in [-0.2, 0) is 0 Å². The Labute approximate surface area is 180 Å². The summed E-state index contributed by atoms with van der Waals surface area (Å²) in [6.45, 7) is 1.49. The molecular formula is C25H21FN4O. The maximum Gasteiger partial charge on any atom is 0.322 e. The number of hydrogen-bond acceptors (Lipinski definition) is 3.